The van der Waals surface area contributed by atoms with Crippen LogP contribution >= 0.6 is 0 Å². The highest BCUT2D eigenvalue weighted by atomic mass is 15.2. The molecular formula is C15H30N2. The smallest absolute Gasteiger partial charge is 0.0328 e. The first kappa shape index (κ1) is 13.4. The highest BCUT2D eigenvalue weighted by Gasteiger charge is 2.34. The second-order valence-electron chi connectivity index (χ2n) is 6.37. The molecule has 2 aliphatic rings. The molecule has 0 aromatic heterocycles. The summed E-state index contributed by atoms with van der Waals surface area (Å²) in [4.78, 5) is 2.63. The Hall–Kier alpha value is -0.0800. The first-order valence-corrected chi connectivity index (χ1v) is 7.68. The Bertz CT molecular complexity index is 213. The van der Waals surface area contributed by atoms with E-state index in [-0.39, 0.29) is 0 Å². The van der Waals surface area contributed by atoms with Crippen LogP contribution in [0.15, 0.2) is 0 Å². The van der Waals surface area contributed by atoms with Crippen LogP contribution < -0.4 is 5.73 Å². The van der Waals surface area contributed by atoms with Gasteiger partial charge >= 0.3 is 0 Å². The van der Waals surface area contributed by atoms with E-state index in [1.54, 1.807) is 0 Å². The Balaban J connectivity index is 1.94. The quantitative estimate of drug-likeness (QED) is 0.762. The van der Waals surface area contributed by atoms with Gasteiger partial charge in [0.2, 0.25) is 0 Å². The minimum Gasteiger partial charge on any atom is -0.329 e. The number of hydrogen-bond donors (Lipinski definition) is 1. The Kier molecular flexibility index (Phi) is 4.87. The van der Waals surface area contributed by atoms with Crippen molar-refractivity contribution in [3.05, 3.63) is 0 Å². The summed E-state index contributed by atoms with van der Waals surface area (Å²) in [5, 5.41) is 0. The SMILES string of the molecule is CN(CC1CCCC1)C1(CN)CCCCCC1. The zero-order valence-corrected chi connectivity index (χ0v) is 11.6. The van der Waals surface area contributed by atoms with Crippen LogP contribution in [-0.2, 0) is 0 Å². The average Bonchev–Trinajstić information content (AvgIpc) is 2.72. The molecule has 0 radical (unpaired) electrons. The fourth-order valence-electron chi connectivity index (χ4n) is 3.90. The van der Waals surface area contributed by atoms with Gasteiger partial charge in [0.15, 0.2) is 0 Å². The summed E-state index contributed by atoms with van der Waals surface area (Å²) in [6.07, 6.45) is 14.0. The summed E-state index contributed by atoms with van der Waals surface area (Å²) in [6.45, 7) is 2.15. The molecule has 2 saturated carbocycles. The zero-order chi connectivity index (χ0) is 12.1. The van der Waals surface area contributed by atoms with Crippen LogP contribution in [0, 0.1) is 5.92 Å². The minimum atomic E-state index is 0.332. The van der Waals surface area contributed by atoms with Crippen LogP contribution in [0.1, 0.15) is 64.2 Å². The van der Waals surface area contributed by atoms with Gasteiger partial charge in [0.1, 0.15) is 0 Å². The standard InChI is InChI=1S/C15H30N2/c1-17(12-14-8-4-5-9-14)15(13-16)10-6-2-3-7-11-15/h14H,2-13,16H2,1H3. The maximum atomic E-state index is 6.14. The van der Waals surface area contributed by atoms with E-state index in [2.05, 4.69) is 11.9 Å². The molecule has 0 aliphatic heterocycles. The van der Waals surface area contributed by atoms with Crippen LogP contribution in [0.3, 0.4) is 0 Å². The molecular weight excluding hydrogens is 208 g/mol. The van der Waals surface area contributed by atoms with Crippen molar-refractivity contribution in [3.63, 3.8) is 0 Å². The molecule has 17 heavy (non-hydrogen) atoms. The second kappa shape index (κ2) is 6.19. The van der Waals surface area contributed by atoms with Crippen molar-refractivity contribution < 1.29 is 0 Å². The van der Waals surface area contributed by atoms with Gasteiger partial charge in [-0.15, -0.1) is 0 Å². The molecule has 2 aliphatic carbocycles. The van der Waals surface area contributed by atoms with Crippen LogP contribution in [0.4, 0.5) is 0 Å². The van der Waals surface area contributed by atoms with Gasteiger partial charge in [-0.3, -0.25) is 4.90 Å². The van der Waals surface area contributed by atoms with Gasteiger partial charge in [-0.2, -0.15) is 0 Å². The molecule has 0 saturated heterocycles. The lowest BCUT2D eigenvalue weighted by molar-refractivity contribution is 0.0899. The summed E-state index contributed by atoms with van der Waals surface area (Å²) >= 11 is 0. The van der Waals surface area contributed by atoms with Crippen LogP contribution in [0.2, 0.25) is 0 Å². The molecule has 2 nitrogen and oxygen atoms in total. The van der Waals surface area contributed by atoms with Crippen molar-refractivity contribution in [2.75, 3.05) is 20.1 Å². The molecule has 0 spiro atoms. The molecule has 2 rings (SSSR count). The first-order valence-electron chi connectivity index (χ1n) is 7.68. The van der Waals surface area contributed by atoms with Crippen molar-refractivity contribution >= 4 is 0 Å². The summed E-state index contributed by atoms with van der Waals surface area (Å²) in [5.41, 5.74) is 6.47. The molecule has 2 fully saturated rings. The maximum Gasteiger partial charge on any atom is 0.0328 e. The van der Waals surface area contributed by atoms with Crippen molar-refractivity contribution in [1.82, 2.24) is 4.90 Å². The fourth-order valence-corrected chi connectivity index (χ4v) is 3.90. The Morgan fingerprint density at radius 1 is 1.00 bits per heavy atom. The van der Waals surface area contributed by atoms with E-state index >= 15 is 0 Å². The largest absolute Gasteiger partial charge is 0.329 e. The number of rotatable bonds is 4. The minimum absolute atomic E-state index is 0.332. The molecule has 2 heteroatoms. The molecule has 100 valence electrons. The fraction of sp³-hybridized carbons (Fsp3) is 1.00. The molecule has 0 heterocycles. The van der Waals surface area contributed by atoms with Crippen LogP contribution in [0.5, 0.6) is 0 Å². The molecule has 0 amide bonds. The molecule has 0 atom stereocenters. The van der Waals surface area contributed by atoms with Gasteiger partial charge in [-0.05, 0) is 38.6 Å². The Morgan fingerprint density at radius 3 is 2.12 bits per heavy atom. The van der Waals surface area contributed by atoms with Crippen molar-refractivity contribution in [2.24, 2.45) is 11.7 Å². The lowest BCUT2D eigenvalue weighted by atomic mass is 9.87. The number of nitrogens with zero attached hydrogens (tertiary/aromatic N) is 1. The summed E-state index contributed by atoms with van der Waals surface area (Å²) in [5.74, 6) is 0.951. The lowest BCUT2D eigenvalue weighted by Crippen LogP contribution is -2.53. The van der Waals surface area contributed by atoms with Gasteiger partial charge in [-0.25, -0.2) is 0 Å². The van der Waals surface area contributed by atoms with E-state index in [1.165, 1.54) is 70.8 Å². The highest BCUT2D eigenvalue weighted by molar-refractivity contribution is 4.92. The first-order chi connectivity index (χ1) is 8.27. The van der Waals surface area contributed by atoms with E-state index in [1.807, 2.05) is 0 Å². The third-order valence-corrected chi connectivity index (χ3v) is 5.23. The van der Waals surface area contributed by atoms with E-state index < -0.39 is 0 Å². The topological polar surface area (TPSA) is 29.3 Å². The Labute approximate surface area is 107 Å². The van der Waals surface area contributed by atoms with Gasteiger partial charge in [-0.1, -0.05) is 38.5 Å². The summed E-state index contributed by atoms with van der Waals surface area (Å²) < 4.78 is 0. The third kappa shape index (κ3) is 3.23. The summed E-state index contributed by atoms with van der Waals surface area (Å²) in [6, 6.07) is 0. The van der Waals surface area contributed by atoms with Crippen molar-refractivity contribution in [1.29, 1.82) is 0 Å². The average molecular weight is 238 g/mol. The molecule has 0 unspecified atom stereocenters. The third-order valence-electron chi connectivity index (χ3n) is 5.23. The molecule has 0 aromatic rings. The molecule has 0 aromatic carbocycles. The van der Waals surface area contributed by atoms with Gasteiger partial charge in [0.25, 0.3) is 0 Å². The van der Waals surface area contributed by atoms with Gasteiger partial charge in [0, 0.05) is 18.6 Å². The van der Waals surface area contributed by atoms with E-state index in [9.17, 15) is 0 Å². The number of nitrogens with two attached hydrogens (primary N) is 1. The van der Waals surface area contributed by atoms with E-state index in [0.29, 0.717) is 5.54 Å². The lowest BCUT2D eigenvalue weighted by Gasteiger charge is -2.42. The summed E-state index contributed by atoms with van der Waals surface area (Å²) in [7, 11) is 2.33. The Morgan fingerprint density at radius 2 is 1.59 bits per heavy atom. The van der Waals surface area contributed by atoms with Gasteiger partial charge in [0.05, 0.1) is 0 Å². The van der Waals surface area contributed by atoms with Crippen molar-refractivity contribution in [2.45, 2.75) is 69.7 Å². The van der Waals surface area contributed by atoms with E-state index in [4.69, 9.17) is 5.73 Å². The number of hydrogen-bond acceptors (Lipinski definition) is 2. The van der Waals surface area contributed by atoms with E-state index in [0.717, 1.165) is 12.5 Å². The highest BCUT2D eigenvalue weighted by Crippen LogP contribution is 2.33. The van der Waals surface area contributed by atoms with Crippen molar-refractivity contribution in [3.8, 4) is 0 Å². The maximum absolute atomic E-state index is 6.14. The van der Waals surface area contributed by atoms with Crippen LogP contribution in [-0.4, -0.2) is 30.6 Å². The second-order valence-corrected chi connectivity index (χ2v) is 6.37. The molecule has 2 N–H and O–H groups in total. The predicted octanol–water partition coefficient (Wildman–Crippen LogP) is 3.16. The zero-order valence-electron chi connectivity index (χ0n) is 11.6. The number of likely N-dealkylation sites (N-methyl/N-ethyl adjacent to an activating group) is 1. The van der Waals surface area contributed by atoms with Gasteiger partial charge < -0.3 is 5.73 Å². The monoisotopic (exact) mass is 238 g/mol. The normalized spacial score (nSPS) is 26.3. The molecule has 0 bridgehead atoms. The van der Waals surface area contributed by atoms with Crippen LogP contribution in [0.25, 0.3) is 0 Å². The predicted molar refractivity (Wildman–Crippen MR) is 74.1 cm³/mol.